The number of thiophene rings is 1. The van der Waals surface area contributed by atoms with Gasteiger partial charge in [-0.15, -0.1) is 11.3 Å². The van der Waals surface area contributed by atoms with Gasteiger partial charge in [-0.2, -0.15) is 0 Å². The molecule has 0 bridgehead atoms. The van der Waals surface area contributed by atoms with E-state index in [1.54, 1.807) is 33.0 Å². The van der Waals surface area contributed by atoms with Gasteiger partial charge in [0, 0.05) is 38.0 Å². The first-order chi connectivity index (χ1) is 14.0. The van der Waals surface area contributed by atoms with Crippen molar-refractivity contribution >= 4 is 29.1 Å². The van der Waals surface area contributed by atoms with Crippen LogP contribution in [-0.2, 0) is 25.5 Å². The second kappa shape index (κ2) is 8.44. The largest absolute Gasteiger partial charge is 0.353 e. The summed E-state index contributed by atoms with van der Waals surface area (Å²) in [6.07, 6.45) is 5.08. The van der Waals surface area contributed by atoms with E-state index in [1.165, 1.54) is 0 Å². The molecule has 1 aromatic rings. The first-order valence-corrected chi connectivity index (χ1v) is 11.4. The average molecular weight is 420 g/mol. The Morgan fingerprint density at radius 3 is 2.41 bits per heavy atom. The highest BCUT2D eigenvalue weighted by Crippen LogP contribution is 2.41. The van der Waals surface area contributed by atoms with E-state index in [1.807, 2.05) is 17.5 Å². The molecule has 8 heteroatoms. The van der Waals surface area contributed by atoms with E-state index < -0.39 is 11.8 Å². The molecule has 0 aromatic carbocycles. The molecular weight excluding hydrogens is 390 g/mol. The lowest BCUT2D eigenvalue weighted by Crippen LogP contribution is -2.59. The number of hydrogen-bond acceptors (Lipinski definition) is 5. The molecule has 1 saturated carbocycles. The number of amides is 3. The molecule has 1 atom stereocenters. The monoisotopic (exact) mass is 419 g/mol. The van der Waals surface area contributed by atoms with E-state index in [0.717, 1.165) is 37.0 Å². The second-order valence-corrected chi connectivity index (χ2v) is 9.22. The Kier molecular flexibility index (Phi) is 5.92. The molecule has 4 rings (SSSR count). The van der Waals surface area contributed by atoms with Gasteiger partial charge in [-0.1, -0.05) is 12.5 Å². The minimum atomic E-state index is -0.631. The van der Waals surface area contributed by atoms with E-state index >= 15 is 0 Å². The maximum atomic E-state index is 13.4. The molecule has 1 aliphatic carbocycles. The normalized spacial score (nSPS) is 24.2. The topological polar surface area (TPSA) is 70.2 Å². The molecular formula is C21H29N3O4S. The molecule has 3 heterocycles. The van der Waals surface area contributed by atoms with Crippen LogP contribution in [0.5, 0.6) is 0 Å². The summed E-state index contributed by atoms with van der Waals surface area (Å²) in [6, 6.07) is 3.34. The molecule has 2 saturated heterocycles. The van der Waals surface area contributed by atoms with Gasteiger partial charge >= 0.3 is 0 Å². The van der Waals surface area contributed by atoms with Crippen molar-refractivity contribution in [2.24, 2.45) is 0 Å². The van der Waals surface area contributed by atoms with Crippen molar-refractivity contribution in [2.75, 3.05) is 32.8 Å². The first kappa shape index (κ1) is 20.3. The highest BCUT2D eigenvalue weighted by atomic mass is 32.1. The van der Waals surface area contributed by atoms with Crippen LogP contribution in [0.25, 0.3) is 0 Å². The van der Waals surface area contributed by atoms with Crippen molar-refractivity contribution in [1.29, 1.82) is 0 Å². The number of carbonyl (C=O) groups is 3. The Balaban J connectivity index is 1.52. The van der Waals surface area contributed by atoms with E-state index in [4.69, 9.17) is 4.74 Å². The summed E-state index contributed by atoms with van der Waals surface area (Å²) < 4.78 is 6.21. The number of rotatable bonds is 3. The van der Waals surface area contributed by atoms with E-state index in [2.05, 4.69) is 0 Å². The molecule has 3 amide bonds. The Labute approximate surface area is 175 Å². The summed E-state index contributed by atoms with van der Waals surface area (Å²) in [5.74, 6) is -0.0297. The second-order valence-electron chi connectivity index (χ2n) is 8.18. The summed E-state index contributed by atoms with van der Waals surface area (Å²) in [5.41, 5.74) is -0.631. The molecule has 158 valence electrons. The third-order valence-electron chi connectivity index (χ3n) is 6.39. The number of ether oxygens (including phenoxy) is 1. The standard InChI is InChI=1S/C21H29N3O4S/c1-16(25)22-9-11-23(12-10-22)20(27)18-15-28-21(7-3-2-4-8-21)24(18)19(26)14-17-6-5-13-29-17/h5-6,13,18H,2-4,7-12,14-15H2,1H3/t18-/m1/s1. The molecule has 0 radical (unpaired) electrons. The molecule has 1 spiro atoms. The molecule has 0 unspecified atom stereocenters. The van der Waals surface area contributed by atoms with Crippen molar-refractivity contribution in [3.8, 4) is 0 Å². The fourth-order valence-corrected chi connectivity index (χ4v) is 5.53. The summed E-state index contributed by atoms with van der Waals surface area (Å²) in [6.45, 7) is 3.93. The van der Waals surface area contributed by atoms with E-state index in [9.17, 15) is 14.4 Å². The minimum Gasteiger partial charge on any atom is -0.353 e. The SMILES string of the molecule is CC(=O)N1CCN(C(=O)[C@H]2COC3(CCCCC3)N2C(=O)Cc2cccs2)CC1. The summed E-state index contributed by atoms with van der Waals surface area (Å²) >= 11 is 1.56. The van der Waals surface area contributed by atoms with Crippen LogP contribution in [0, 0.1) is 0 Å². The molecule has 29 heavy (non-hydrogen) atoms. The van der Waals surface area contributed by atoms with Crippen LogP contribution < -0.4 is 0 Å². The van der Waals surface area contributed by atoms with E-state index in [0.29, 0.717) is 32.6 Å². The quantitative estimate of drug-likeness (QED) is 0.750. The zero-order chi connectivity index (χ0) is 20.4. The maximum Gasteiger partial charge on any atom is 0.248 e. The third kappa shape index (κ3) is 4.05. The van der Waals surface area contributed by atoms with Gasteiger partial charge in [-0.05, 0) is 37.1 Å². The van der Waals surface area contributed by atoms with Crippen LogP contribution in [0.1, 0.15) is 43.9 Å². The van der Waals surface area contributed by atoms with Crippen LogP contribution in [0.2, 0.25) is 0 Å². The van der Waals surface area contributed by atoms with Gasteiger partial charge in [0.1, 0.15) is 11.8 Å². The molecule has 3 fully saturated rings. The molecule has 3 aliphatic rings. The van der Waals surface area contributed by atoms with Gasteiger partial charge in [0.2, 0.25) is 17.7 Å². The van der Waals surface area contributed by atoms with Crippen molar-refractivity contribution in [3.05, 3.63) is 22.4 Å². The zero-order valence-electron chi connectivity index (χ0n) is 17.0. The average Bonchev–Trinajstić information content (AvgIpc) is 3.36. The van der Waals surface area contributed by atoms with Gasteiger partial charge < -0.3 is 14.5 Å². The van der Waals surface area contributed by atoms with Gasteiger partial charge in [-0.3, -0.25) is 19.3 Å². The smallest absolute Gasteiger partial charge is 0.248 e. The van der Waals surface area contributed by atoms with Gasteiger partial charge in [0.15, 0.2) is 0 Å². The minimum absolute atomic E-state index is 0.0208. The lowest BCUT2D eigenvalue weighted by atomic mass is 9.90. The van der Waals surface area contributed by atoms with Crippen LogP contribution in [0.15, 0.2) is 17.5 Å². The zero-order valence-corrected chi connectivity index (χ0v) is 17.8. The summed E-state index contributed by atoms with van der Waals surface area (Å²) in [5, 5.41) is 1.97. The Bertz CT molecular complexity index is 752. The first-order valence-electron chi connectivity index (χ1n) is 10.5. The fourth-order valence-electron chi connectivity index (χ4n) is 4.83. The lowest BCUT2D eigenvalue weighted by molar-refractivity contribution is -0.161. The number of nitrogens with zero attached hydrogens (tertiary/aromatic N) is 3. The lowest BCUT2D eigenvalue weighted by Gasteiger charge is -2.43. The van der Waals surface area contributed by atoms with Crippen LogP contribution in [-0.4, -0.2) is 77.0 Å². The van der Waals surface area contributed by atoms with Crippen LogP contribution in [0.3, 0.4) is 0 Å². The van der Waals surface area contributed by atoms with Gasteiger partial charge in [0.05, 0.1) is 13.0 Å². The predicted octanol–water partition coefficient (Wildman–Crippen LogP) is 1.87. The van der Waals surface area contributed by atoms with Gasteiger partial charge in [-0.25, -0.2) is 0 Å². The fraction of sp³-hybridized carbons (Fsp3) is 0.667. The molecule has 2 aliphatic heterocycles. The summed E-state index contributed by atoms with van der Waals surface area (Å²) in [7, 11) is 0. The van der Waals surface area contributed by atoms with Gasteiger partial charge in [0.25, 0.3) is 0 Å². The number of carbonyl (C=O) groups excluding carboxylic acids is 3. The molecule has 0 N–H and O–H groups in total. The van der Waals surface area contributed by atoms with Crippen molar-refractivity contribution in [3.63, 3.8) is 0 Å². The van der Waals surface area contributed by atoms with Crippen molar-refractivity contribution < 1.29 is 19.1 Å². The molecule has 7 nitrogen and oxygen atoms in total. The van der Waals surface area contributed by atoms with Crippen molar-refractivity contribution in [2.45, 2.75) is 57.2 Å². The Morgan fingerprint density at radius 2 is 1.79 bits per heavy atom. The Hall–Kier alpha value is -1.93. The highest BCUT2D eigenvalue weighted by molar-refractivity contribution is 7.10. The maximum absolute atomic E-state index is 13.4. The Morgan fingerprint density at radius 1 is 1.10 bits per heavy atom. The third-order valence-corrected chi connectivity index (χ3v) is 7.27. The summed E-state index contributed by atoms with van der Waals surface area (Å²) in [4.78, 5) is 44.6. The number of hydrogen-bond donors (Lipinski definition) is 0. The van der Waals surface area contributed by atoms with Crippen LogP contribution in [0.4, 0.5) is 0 Å². The van der Waals surface area contributed by atoms with Crippen molar-refractivity contribution in [1.82, 2.24) is 14.7 Å². The number of piperazine rings is 1. The molecule has 1 aromatic heterocycles. The van der Waals surface area contributed by atoms with E-state index in [-0.39, 0.29) is 24.3 Å². The highest BCUT2D eigenvalue weighted by Gasteiger charge is 2.53. The predicted molar refractivity (Wildman–Crippen MR) is 109 cm³/mol. The van der Waals surface area contributed by atoms with Crippen LogP contribution >= 0.6 is 11.3 Å².